The molecule has 34 heavy (non-hydrogen) atoms. The normalized spacial score (nSPS) is 18.9. The standard InChI is InChI=1S/C26H21N3O4S/c1-33-23-13-16(11-12-22(23)31)14-24-25(27-26(32)34-24)29-20(18-9-5-6-10-21(18)30)15-19(28-29)17-7-3-2-4-8-17/h2-14,20,30-31H,15H2,1H3/b24-14-. The molecular formula is C26H21N3O4S. The lowest BCUT2D eigenvalue weighted by atomic mass is 9.97. The van der Waals surface area contributed by atoms with Crippen molar-refractivity contribution in [2.24, 2.45) is 10.1 Å². The molecule has 2 aliphatic rings. The van der Waals surface area contributed by atoms with Crippen molar-refractivity contribution in [2.45, 2.75) is 12.5 Å². The van der Waals surface area contributed by atoms with Crippen LogP contribution in [0.2, 0.25) is 0 Å². The highest BCUT2D eigenvalue weighted by Gasteiger charge is 2.37. The SMILES string of the molecule is COc1cc(/C=C2\SC(=O)N=C2N2N=C(c3ccccc3)CC2c2ccccc2O)ccc1O. The molecule has 2 aliphatic heterocycles. The van der Waals surface area contributed by atoms with E-state index in [2.05, 4.69) is 4.99 Å². The van der Waals surface area contributed by atoms with Crippen molar-refractivity contribution < 1.29 is 19.7 Å². The maximum Gasteiger partial charge on any atom is 0.311 e. The molecule has 1 atom stereocenters. The van der Waals surface area contributed by atoms with E-state index in [0.29, 0.717) is 28.5 Å². The molecule has 5 rings (SSSR count). The Balaban J connectivity index is 1.58. The Morgan fingerprint density at radius 3 is 2.56 bits per heavy atom. The number of benzene rings is 3. The summed E-state index contributed by atoms with van der Waals surface area (Å²) in [6, 6.07) is 21.6. The zero-order valence-corrected chi connectivity index (χ0v) is 19.1. The first-order valence-corrected chi connectivity index (χ1v) is 11.4. The molecule has 2 N–H and O–H groups in total. The Kier molecular flexibility index (Phi) is 5.81. The van der Waals surface area contributed by atoms with Gasteiger partial charge in [-0.2, -0.15) is 10.1 Å². The van der Waals surface area contributed by atoms with Crippen molar-refractivity contribution in [3.8, 4) is 17.2 Å². The molecule has 1 amide bonds. The molecule has 1 unspecified atom stereocenters. The Hall–Kier alpha value is -4.04. The van der Waals surface area contributed by atoms with Crippen LogP contribution >= 0.6 is 11.8 Å². The number of carbonyl (C=O) groups is 1. The topological polar surface area (TPSA) is 94.7 Å². The van der Waals surface area contributed by atoms with Gasteiger partial charge in [0.1, 0.15) is 5.75 Å². The monoisotopic (exact) mass is 471 g/mol. The second-order valence-corrected chi connectivity index (χ2v) is 8.77. The highest BCUT2D eigenvalue weighted by molar-refractivity contribution is 8.18. The van der Waals surface area contributed by atoms with Gasteiger partial charge in [-0.1, -0.05) is 54.6 Å². The maximum atomic E-state index is 12.4. The first-order chi connectivity index (χ1) is 16.5. The van der Waals surface area contributed by atoms with Crippen molar-refractivity contribution in [1.82, 2.24) is 5.01 Å². The van der Waals surface area contributed by atoms with Crippen molar-refractivity contribution in [1.29, 1.82) is 0 Å². The second kappa shape index (κ2) is 9.07. The van der Waals surface area contributed by atoms with Gasteiger partial charge in [0.25, 0.3) is 0 Å². The van der Waals surface area contributed by atoms with Crippen LogP contribution in [-0.4, -0.2) is 39.1 Å². The highest BCUT2D eigenvalue weighted by Crippen LogP contribution is 2.42. The molecule has 0 aromatic heterocycles. The minimum atomic E-state index is -0.341. The molecule has 3 aromatic carbocycles. The Morgan fingerprint density at radius 2 is 1.79 bits per heavy atom. The van der Waals surface area contributed by atoms with Crippen molar-refractivity contribution in [3.63, 3.8) is 0 Å². The van der Waals surface area contributed by atoms with E-state index < -0.39 is 0 Å². The van der Waals surface area contributed by atoms with Gasteiger partial charge in [-0.15, -0.1) is 0 Å². The first kappa shape index (κ1) is 21.8. The largest absolute Gasteiger partial charge is 0.508 e. The molecule has 7 nitrogen and oxygen atoms in total. The van der Waals surface area contributed by atoms with Crippen LogP contribution in [0.1, 0.15) is 29.2 Å². The average Bonchev–Trinajstić information content (AvgIpc) is 3.44. The molecule has 0 bridgehead atoms. The number of hydrazone groups is 1. The van der Waals surface area contributed by atoms with E-state index in [9.17, 15) is 15.0 Å². The molecule has 0 radical (unpaired) electrons. The van der Waals surface area contributed by atoms with E-state index in [-0.39, 0.29) is 22.8 Å². The minimum Gasteiger partial charge on any atom is -0.508 e. The summed E-state index contributed by atoms with van der Waals surface area (Å²) >= 11 is 1.01. The van der Waals surface area contributed by atoms with E-state index in [1.807, 2.05) is 48.5 Å². The number of amidine groups is 1. The Morgan fingerprint density at radius 1 is 1.03 bits per heavy atom. The van der Waals surface area contributed by atoms with E-state index in [1.165, 1.54) is 13.2 Å². The number of amides is 1. The van der Waals surface area contributed by atoms with Gasteiger partial charge in [-0.25, -0.2) is 5.01 Å². The third kappa shape index (κ3) is 4.15. The lowest BCUT2D eigenvalue weighted by Gasteiger charge is -2.24. The summed E-state index contributed by atoms with van der Waals surface area (Å²) in [6.45, 7) is 0. The predicted molar refractivity (Wildman–Crippen MR) is 133 cm³/mol. The van der Waals surface area contributed by atoms with Crippen LogP contribution in [0.25, 0.3) is 6.08 Å². The van der Waals surface area contributed by atoms with Crippen LogP contribution in [0.5, 0.6) is 17.2 Å². The zero-order chi connectivity index (χ0) is 23.7. The van der Waals surface area contributed by atoms with Crippen LogP contribution in [0, 0.1) is 0 Å². The van der Waals surface area contributed by atoms with Gasteiger partial charge in [-0.3, -0.25) is 4.79 Å². The van der Waals surface area contributed by atoms with Gasteiger partial charge < -0.3 is 14.9 Å². The van der Waals surface area contributed by atoms with E-state index in [1.54, 1.807) is 29.3 Å². The third-order valence-corrected chi connectivity index (χ3v) is 6.43. The fourth-order valence-corrected chi connectivity index (χ4v) is 4.77. The predicted octanol–water partition coefficient (Wildman–Crippen LogP) is 5.56. The number of rotatable bonds is 4. The smallest absolute Gasteiger partial charge is 0.311 e. The fraction of sp³-hybridized carbons (Fsp3) is 0.115. The van der Waals surface area contributed by atoms with Crippen LogP contribution in [0.3, 0.4) is 0 Å². The first-order valence-electron chi connectivity index (χ1n) is 10.6. The van der Waals surface area contributed by atoms with E-state index >= 15 is 0 Å². The van der Waals surface area contributed by atoms with Crippen molar-refractivity contribution >= 4 is 34.6 Å². The summed E-state index contributed by atoms with van der Waals surface area (Å²) < 4.78 is 5.21. The Labute approximate surface area is 200 Å². The molecule has 8 heteroatoms. The lowest BCUT2D eigenvalue weighted by molar-refractivity contribution is 0.267. The fourth-order valence-electron chi connectivity index (χ4n) is 4.02. The average molecular weight is 472 g/mol. The summed E-state index contributed by atoms with van der Waals surface area (Å²) in [6.07, 6.45) is 2.36. The molecule has 0 fully saturated rings. The molecule has 0 saturated carbocycles. The van der Waals surface area contributed by atoms with E-state index in [4.69, 9.17) is 9.84 Å². The number of ether oxygens (including phenoxy) is 1. The van der Waals surface area contributed by atoms with Gasteiger partial charge in [-0.05, 0) is 47.2 Å². The summed E-state index contributed by atoms with van der Waals surface area (Å²) in [7, 11) is 1.48. The minimum absolute atomic E-state index is 0.0324. The number of phenolic OH excluding ortho intramolecular Hbond substituents is 2. The molecule has 170 valence electrons. The highest BCUT2D eigenvalue weighted by atomic mass is 32.2. The number of hydrogen-bond donors (Lipinski definition) is 2. The van der Waals surface area contributed by atoms with Crippen LogP contribution in [-0.2, 0) is 0 Å². The number of aliphatic imine (C=N–C) groups is 1. The lowest BCUT2D eigenvalue weighted by Crippen LogP contribution is -2.26. The molecule has 0 spiro atoms. The quantitative estimate of drug-likeness (QED) is 0.517. The molecule has 0 aliphatic carbocycles. The zero-order valence-electron chi connectivity index (χ0n) is 18.3. The number of para-hydroxylation sites is 1. The molecule has 2 heterocycles. The van der Waals surface area contributed by atoms with Gasteiger partial charge in [0.15, 0.2) is 17.3 Å². The molecular weight excluding hydrogens is 450 g/mol. The Bertz CT molecular complexity index is 1350. The maximum absolute atomic E-state index is 12.4. The van der Waals surface area contributed by atoms with Gasteiger partial charge in [0.05, 0.1) is 23.8 Å². The van der Waals surface area contributed by atoms with Crippen LogP contribution < -0.4 is 4.74 Å². The number of methoxy groups -OCH3 is 1. The number of carbonyl (C=O) groups excluding carboxylic acids is 1. The van der Waals surface area contributed by atoms with Gasteiger partial charge in [0.2, 0.25) is 0 Å². The summed E-state index contributed by atoms with van der Waals surface area (Å²) in [5.41, 5.74) is 3.25. The second-order valence-electron chi connectivity index (χ2n) is 7.78. The van der Waals surface area contributed by atoms with Crippen LogP contribution in [0.4, 0.5) is 4.79 Å². The van der Waals surface area contributed by atoms with Gasteiger partial charge in [0, 0.05) is 12.0 Å². The number of thioether (sulfide) groups is 1. The molecule has 3 aromatic rings. The third-order valence-electron chi connectivity index (χ3n) is 5.65. The number of aromatic hydroxyl groups is 2. The number of hydrogen-bond acceptors (Lipinski definition) is 7. The molecule has 0 saturated heterocycles. The van der Waals surface area contributed by atoms with Crippen molar-refractivity contribution in [2.75, 3.05) is 7.11 Å². The van der Waals surface area contributed by atoms with Crippen LogP contribution in [0.15, 0.2) is 87.8 Å². The summed E-state index contributed by atoms with van der Waals surface area (Å²) in [5, 5.41) is 26.7. The van der Waals surface area contributed by atoms with E-state index in [0.717, 1.165) is 28.6 Å². The summed E-state index contributed by atoms with van der Waals surface area (Å²) in [4.78, 5) is 17.3. The van der Waals surface area contributed by atoms with Gasteiger partial charge >= 0.3 is 5.24 Å². The summed E-state index contributed by atoms with van der Waals surface area (Å²) in [5.74, 6) is 0.944. The number of phenols is 2. The van der Waals surface area contributed by atoms with Crippen molar-refractivity contribution in [3.05, 3.63) is 94.4 Å². The number of nitrogens with zero attached hydrogens (tertiary/aromatic N) is 3.